The molecule has 1 aromatic heterocycles. The number of aromatic nitrogens is 3. The normalized spacial score (nSPS) is 28.5. The Labute approximate surface area is 95.1 Å². The molecule has 1 heterocycles. The lowest BCUT2D eigenvalue weighted by atomic mass is 10.1. The highest BCUT2D eigenvalue weighted by atomic mass is 16.1. The third-order valence-electron chi connectivity index (χ3n) is 4.25. The number of nitrogens with zero attached hydrogens (tertiary/aromatic N) is 2. The first-order valence-corrected chi connectivity index (χ1v) is 6.26. The van der Waals surface area contributed by atoms with Gasteiger partial charge in [-0.1, -0.05) is 26.7 Å². The molecule has 0 aliphatic heterocycles. The fraction of sp³-hybridized carbons (Fsp3) is 0.833. The number of H-pyrrole nitrogens is 1. The van der Waals surface area contributed by atoms with Gasteiger partial charge in [0.05, 0.1) is 0 Å². The topological polar surface area (TPSA) is 50.7 Å². The summed E-state index contributed by atoms with van der Waals surface area (Å²) >= 11 is 0. The highest BCUT2D eigenvalue weighted by Crippen LogP contribution is 2.58. The van der Waals surface area contributed by atoms with E-state index in [9.17, 15) is 4.79 Å². The molecular weight excluding hydrogens is 202 g/mol. The smallest absolute Gasteiger partial charge is 0.276 e. The lowest BCUT2D eigenvalue weighted by Crippen LogP contribution is -2.22. The predicted octanol–water partition coefficient (Wildman–Crippen LogP) is 2.20. The van der Waals surface area contributed by atoms with Crippen LogP contribution in [-0.2, 0) is 0 Å². The van der Waals surface area contributed by atoms with Gasteiger partial charge in [-0.25, -0.2) is 9.89 Å². The molecule has 4 nitrogen and oxygen atoms in total. The summed E-state index contributed by atoms with van der Waals surface area (Å²) in [4.78, 5) is 11.8. The van der Waals surface area contributed by atoms with Crippen molar-refractivity contribution >= 4 is 0 Å². The van der Waals surface area contributed by atoms with Crippen LogP contribution in [-0.4, -0.2) is 14.8 Å². The molecule has 1 atom stereocenters. The Morgan fingerprint density at radius 3 is 2.56 bits per heavy atom. The Bertz CT molecular complexity index is 451. The van der Waals surface area contributed by atoms with Gasteiger partial charge < -0.3 is 0 Å². The second-order valence-electron chi connectivity index (χ2n) is 5.94. The number of nitrogens with one attached hydrogen (secondary N) is 1. The van der Waals surface area contributed by atoms with Gasteiger partial charge >= 0.3 is 5.69 Å². The Balaban J connectivity index is 1.97. The van der Waals surface area contributed by atoms with E-state index in [0.717, 1.165) is 25.1 Å². The first kappa shape index (κ1) is 10.1. The average molecular weight is 221 g/mol. The SMILES string of the molecule is CC1(C)C[C@H]1c1n[nH]c(=O)n1C1CCCC1. The quantitative estimate of drug-likeness (QED) is 0.832. The number of hydrogen-bond donors (Lipinski definition) is 1. The van der Waals surface area contributed by atoms with Gasteiger partial charge in [0.1, 0.15) is 5.82 Å². The zero-order chi connectivity index (χ0) is 11.3. The molecular formula is C12H19N3O. The van der Waals surface area contributed by atoms with E-state index in [0.29, 0.717) is 17.4 Å². The zero-order valence-electron chi connectivity index (χ0n) is 9.99. The van der Waals surface area contributed by atoms with Crippen molar-refractivity contribution in [1.82, 2.24) is 14.8 Å². The van der Waals surface area contributed by atoms with E-state index in [4.69, 9.17) is 0 Å². The summed E-state index contributed by atoms with van der Waals surface area (Å²) in [7, 11) is 0. The van der Waals surface area contributed by atoms with Crippen LogP contribution in [0.25, 0.3) is 0 Å². The Morgan fingerprint density at radius 1 is 1.38 bits per heavy atom. The van der Waals surface area contributed by atoms with Crippen LogP contribution in [0.2, 0.25) is 0 Å². The van der Waals surface area contributed by atoms with E-state index in [2.05, 4.69) is 24.0 Å². The van der Waals surface area contributed by atoms with Crippen molar-refractivity contribution in [3.63, 3.8) is 0 Å². The maximum atomic E-state index is 11.8. The molecule has 1 aromatic rings. The van der Waals surface area contributed by atoms with Crippen molar-refractivity contribution in [2.45, 2.75) is 57.9 Å². The van der Waals surface area contributed by atoms with Crippen LogP contribution in [0.15, 0.2) is 4.79 Å². The van der Waals surface area contributed by atoms with Crippen LogP contribution >= 0.6 is 0 Å². The molecule has 16 heavy (non-hydrogen) atoms. The number of hydrogen-bond acceptors (Lipinski definition) is 2. The molecule has 2 saturated carbocycles. The third-order valence-corrected chi connectivity index (χ3v) is 4.25. The zero-order valence-corrected chi connectivity index (χ0v) is 9.99. The van der Waals surface area contributed by atoms with Gasteiger partial charge in [-0.3, -0.25) is 4.57 Å². The van der Waals surface area contributed by atoms with Crippen LogP contribution in [0, 0.1) is 5.41 Å². The van der Waals surface area contributed by atoms with Gasteiger partial charge in [-0.2, -0.15) is 5.10 Å². The second kappa shape index (κ2) is 3.22. The Hall–Kier alpha value is -1.06. The van der Waals surface area contributed by atoms with Gasteiger partial charge in [0, 0.05) is 12.0 Å². The summed E-state index contributed by atoms with van der Waals surface area (Å²) in [6.07, 6.45) is 5.93. The van der Waals surface area contributed by atoms with E-state index in [1.807, 2.05) is 4.57 Å². The molecule has 4 heteroatoms. The molecule has 0 saturated heterocycles. The summed E-state index contributed by atoms with van der Waals surface area (Å²) in [5.74, 6) is 1.48. The van der Waals surface area contributed by atoms with Crippen molar-refractivity contribution in [3.05, 3.63) is 16.3 Å². The standard InChI is InChI=1S/C12H19N3O/c1-12(2)7-9(12)10-13-14-11(16)15(10)8-5-3-4-6-8/h8-9H,3-7H2,1-2H3,(H,14,16)/t9-/m0/s1. The van der Waals surface area contributed by atoms with E-state index in [1.54, 1.807) is 0 Å². The molecule has 2 aliphatic carbocycles. The molecule has 0 amide bonds. The molecule has 88 valence electrons. The van der Waals surface area contributed by atoms with E-state index in [1.165, 1.54) is 12.8 Å². The lowest BCUT2D eigenvalue weighted by Gasteiger charge is -2.13. The van der Waals surface area contributed by atoms with Gasteiger partial charge in [0.15, 0.2) is 0 Å². The highest BCUT2D eigenvalue weighted by Gasteiger charge is 2.50. The Morgan fingerprint density at radius 2 is 2.00 bits per heavy atom. The molecule has 0 bridgehead atoms. The molecule has 0 spiro atoms. The molecule has 3 rings (SSSR count). The molecule has 1 N–H and O–H groups in total. The number of rotatable bonds is 2. The minimum atomic E-state index is -0.00963. The van der Waals surface area contributed by atoms with Crippen LogP contribution in [0.4, 0.5) is 0 Å². The van der Waals surface area contributed by atoms with Crippen LogP contribution in [0.5, 0.6) is 0 Å². The molecule has 2 fully saturated rings. The minimum Gasteiger partial charge on any atom is -0.276 e. The summed E-state index contributed by atoms with van der Waals surface area (Å²) in [6, 6.07) is 0.401. The van der Waals surface area contributed by atoms with Crippen molar-refractivity contribution < 1.29 is 0 Å². The van der Waals surface area contributed by atoms with Crippen molar-refractivity contribution in [3.8, 4) is 0 Å². The van der Waals surface area contributed by atoms with Gasteiger partial charge in [0.2, 0.25) is 0 Å². The largest absolute Gasteiger partial charge is 0.343 e. The lowest BCUT2D eigenvalue weighted by molar-refractivity contribution is 0.473. The summed E-state index contributed by atoms with van der Waals surface area (Å²) in [5, 5.41) is 6.87. The molecule has 0 radical (unpaired) electrons. The molecule has 2 aliphatic rings. The highest BCUT2D eigenvalue weighted by molar-refractivity contribution is 5.16. The monoisotopic (exact) mass is 221 g/mol. The van der Waals surface area contributed by atoms with Crippen molar-refractivity contribution in [2.24, 2.45) is 5.41 Å². The third kappa shape index (κ3) is 1.43. The van der Waals surface area contributed by atoms with E-state index >= 15 is 0 Å². The summed E-state index contributed by atoms with van der Waals surface area (Å²) < 4.78 is 1.94. The predicted molar refractivity (Wildman–Crippen MR) is 61.5 cm³/mol. The maximum Gasteiger partial charge on any atom is 0.343 e. The number of aromatic amines is 1. The average Bonchev–Trinajstić information content (AvgIpc) is 2.67. The Kier molecular flexibility index (Phi) is 2.03. The first-order valence-electron chi connectivity index (χ1n) is 6.26. The van der Waals surface area contributed by atoms with Gasteiger partial charge in [-0.05, 0) is 24.7 Å². The van der Waals surface area contributed by atoms with Crippen LogP contribution < -0.4 is 5.69 Å². The first-order chi connectivity index (χ1) is 7.59. The molecule has 0 unspecified atom stereocenters. The van der Waals surface area contributed by atoms with Crippen molar-refractivity contribution in [2.75, 3.05) is 0 Å². The minimum absolute atomic E-state index is 0.00963. The van der Waals surface area contributed by atoms with Crippen LogP contribution in [0.1, 0.15) is 63.7 Å². The van der Waals surface area contributed by atoms with Gasteiger partial charge in [0.25, 0.3) is 0 Å². The van der Waals surface area contributed by atoms with Gasteiger partial charge in [-0.15, -0.1) is 0 Å². The molecule has 0 aromatic carbocycles. The van der Waals surface area contributed by atoms with Crippen molar-refractivity contribution in [1.29, 1.82) is 0 Å². The van der Waals surface area contributed by atoms with E-state index in [-0.39, 0.29) is 5.69 Å². The summed E-state index contributed by atoms with van der Waals surface area (Å²) in [6.45, 7) is 4.49. The van der Waals surface area contributed by atoms with Crippen LogP contribution in [0.3, 0.4) is 0 Å². The maximum absolute atomic E-state index is 11.8. The second-order valence-corrected chi connectivity index (χ2v) is 5.94. The summed E-state index contributed by atoms with van der Waals surface area (Å²) in [5.41, 5.74) is 0.326. The van der Waals surface area contributed by atoms with E-state index < -0.39 is 0 Å². The fourth-order valence-electron chi connectivity index (χ4n) is 2.99. The fourth-order valence-corrected chi connectivity index (χ4v) is 2.99.